The third kappa shape index (κ3) is 3.67. The highest BCUT2D eigenvalue weighted by atomic mass is 79.9. The molecule has 1 unspecified atom stereocenters. The summed E-state index contributed by atoms with van der Waals surface area (Å²) in [6.07, 6.45) is 3.79. The van der Waals surface area contributed by atoms with Gasteiger partial charge >= 0.3 is 0 Å². The van der Waals surface area contributed by atoms with Crippen LogP contribution in [0.25, 0.3) is 0 Å². The van der Waals surface area contributed by atoms with Crippen molar-refractivity contribution in [3.05, 3.63) is 18.0 Å². The maximum Gasteiger partial charge on any atom is 0.0811 e. The zero-order chi connectivity index (χ0) is 9.68. The summed E-state index contributed by atoms with van der Waals surface area (Å²) in [4.78, 5) is 0. The molecule has 0 amide bonds. The predicted octanol–water partition coefficient (Wildman–Crippen LogP) is 1.94. The molecule has 0 fully saturated rings. The number of halogens is 2. The van der Waals surface area contributed by atoms with Crippen LogP contribution >= 0.6 is 27.5 Å². The molecular weight excluding hydrogens is 255 g/mol. The molecule has 74 valence electrons. The molecule has 0 N–H and O–H groups in total. The van der Waals surface area contributed by atoms with Crippen molar-refractivity contribution >= 4 is 27.5 Å². The number of nitrogens with zero attached hydrogens (tertiary/aromatic N) is 2. The third-order valence-corrected chi connectivity index (χ3v) is 2.65. The molecule has 0 aromatic carbocycles. The van der Waals surface area contributed by atoms with E-state index in [2.05, 4.69) is 21.0 Å². The topological polar surface area (TPSA) is 27.1 Å². The normalized spacial score (nSPS) is 13.2. The fourth-order valence-corrected chi connectivity index (χ4v) is 1.77. The highest BCUT2D eigenvalue weighted by Crippen LogP contribution is 2.05. The van der Waals surface area contributed by atoms with Gasteiger partial charge in [-0.15, -0.1) is 11.6 Å². The number of hydrogen-bond acceptors (Lipinski definition) is 2. The summed E-state index contributed by atoms with van der Waals surface area (Å²) in [7, 11) is 1.88. The lowest BCUT2D eigenvalue weighted by molar-refractivity contribution is 0.0717. The van der Waals surface area contributed by atoms with E-state index in [1.807, 2.05) is 13.2 Å². The second-order valence-electron chi connectivity index (χ2n) is 2.76. The first-order valence-electron chi connectivity index (χ1n) is 3.97. The predicted molar refractivity (Wildman–Crippen MR) is 56.3 cm³/mol. The van der Waals surface area contributed by atoms with Crippen molar-refractivity contribution in [3.8, 4) is 0 Å². The van der Waals surface area contributed by atoms with Gasteiger partial charge < -0.3 is 4.74 Å². The molecule has 1 rings (SSSR count). The largest absolute Gasteiger partial charge is 0.371 e. The Morgan fingerprint density at radius 3 is 3.00 bits per heavy atom. The summed E-state index contributed by atoms with van der Waals surface area (Å²) in [6.45, 7) is 0.566. The van der Waals surface area contributed by atoms with Crippen LogP contribution in [0.1, 0.15) is 5.56 Å². The first kappa shape index (κ1) is 11.0. The van der Waals surface area contributed by atoms with E-state index in [0.29, 0.717) is 12.5 Å². The van der Waals surface area contributed by atoms with Crippen molar-refractivity contribution in [2.75, 3.05) is 11.2 Å². The van der Waals surface area contributed by atoms with Crippen LogP contribution in [0.5, 0.6) is 0 Å². The van der Waals surface area contributed by atoms with E-state index in [0.717, 1.165) is 10.9 Å². The first-order valence-corrected chi connectivity index (χ1v) is 5.63. The van der Waals surface area contributed by atoms with Crippen LogP contribution in [-0.2, 0) is 18.4 Å². The van der Waals surface area contributed by atoms with Gasteiger partial charge in [-0.25, -0.2) is 0 Å². The lowest BCUT2D eigenvalue weighted by atomic mass is 10.4. The Labute approximate surface area is 91.1 Å². The average Bonchev–Trinajstić information content (AvgIpc) is 2.53. The minimum atomic E-state index is 0.0712. The SMILES string of the molecule is Cn1cc(COC(CCl)CBr)cn1. The second kappa shape index (κ2) is 5.62. The maximum absolute atomic E-state index is 5.66. The molecule has 1 heterocycles. The Kier molecular flexibility index (Phi) is 4.77. The average molecular weight is 268 g/mol. The maximum atomic E-state index is 5.66. The van der Waals surface area contributed by atoms with Gasteiger partial charge in [-0.3, -0.25) is 4.68 Å². The van der Waals surface area contributed by atoms with Crippen molar-refractivity contribution in [3.63, 3.8) is 0 Å². The van der Waals surface area contributed by atoms with Crippen LogP contribution in [0.15, 0.2) is 12.4 Å². The molecule has 0 radical (unpaired) electrons. The summed E-state index contributed by atoms with van der Waals surface area (Å²) in [5.74, 6) is 0.505. The van der Waals surface area contributed by atoms with Crippen molar-refractivity contribution in [2.24, 2.45) is 7.05 Å². The zero-order valence-electron chi connectivity index (χ0n) is 7.41. The van der Waals surface area contributed by atoms with Crippen LogP contribution in [0, 0.1) is 0 Å². The molecule has 1 aromatic rings. The molecule has 0 spiro atoms. The highest BCUT2D eigenvalue weighted by molar-refractivity contribution is 9.09. The lowest BCUT2D eigenvalue weighted by Crippen LogP contribution is -2.15. The molecular formula is C8H12BrClN2O. The van der Waals surface area contributed by atoms with E-state index in [1.165, 1.54) is 0 Å². The number of rotatable bonds is 5. The Morgan fingerprint density at radius 1 is 1.77 bits per heavy atom. The Bertz CT molecular complexity index is 250. The summed E-state index contributed by atoms with van der Waals surface area (Å²) in [5.41, 5.74) is 1.07. The molecule has 0 saturated heterocycles. The van der Waals surface area contributed by atoms with Gasteiger partial charge in [0.25, 0.3) is 0 Å². The van der Waals surface area contributed by atoms with Crippen LogP contribution in [-0.4, -0.2) is 27.1 Å². The molecule has 0 aliphatic heterocycles. The monoisotopic (exact) mass is 266 g/mol. The molecule has 3 nitrogen and oxygen atoms in total. The lowest BCUT2D eigenvalue weighted by Gasteiger charge is -2.10. The molecule has 13 heavy (non-hydrogen) atoms. The summed E-state index contributed by atoms with van der Waals surface area (Å²) in [6, 6.07) is 0. The van der Waals surface area contributed by atoms with Crippen LogP contribution in [0.4, 0.5) is 0 Å². The molecule has 0 bridgehead atoms. The summed E-state index contributed by atoms with van der Waals surface area (Å²) >= 11 is 8.99. The summed E-state index contributed by atoms with van der Waals surface area (Å²) < 4.78 is 7.26. The van der Waals surface area contributed by atoms with Crippen molar-refractivity contribution < 1.29 is 4.74 Å². The van der Waals surface area contributed by atoms with Gasteiger partial charge in [-0.05, 0) is 0 Å². The fourth-order valence-electron chi connectivity index (χ4n) is 0.891. The quantitative estimate of drug-likeness (QED) is 0.763. The van der Waals surface area contributed by atoms with E-state index in [1.54, 1.807) is 10.9 Å². The van der Waals surface area contributed by atoms with Crippen molar-refractivity contribution in [1.82, 2.24) is 9.78 Å². The number of aryl methyl sites for hydroxylation is 1. The van der Waals surface area contributed by atoms with E-state index in [-0.39, 0.29) is 6.10 Å². The van der Waals surface area contributed by atoms with Crippen LogP contribution in [0.2, 0.25) is 0 Å². The molecule has 0 aliphatic rings. The fraction of sp³-hybridized carbons (Fsp3) is 0.625. The number of aromatic nitrogens is 2. The Morgan fingerprint density at radius 2 is 2.54 bits per heavy atom. The van der Waals surface area contributed by atoms with Gasteiger partial charge in [0.15, 0.2) is 0 Å². The van der Waals surface area contributed by atoms with Gasteiger partial charge in [0.05, 0.1) is 18.9 Å². The van der Waals surface area contributed by atoms with Gasteiger partial charge in [0.2, 0.25) is 0 Å². The number of alkyl halides is 2. The smallest absolute Gasteiger partial charge is 0.0811 e. The minimum absolute atomic E-state index is 0.0712. The second-order valence-corrected chi connectivity index (χ2v) is 3.72. The van der Waals surface area contributed by atoms with E-state index < -0.39 is 0 Å². The summed E-state index contributed by atoms with van der Waals surface area (Å²) in [5, 5.41) is 4.80. The molecule has 1 atom stereocenters. The molecule has 1 aromatic heterocycles. The Balaban J connectivity index is 2.33. The molecule has 0 saturated carbocycles. The van der Waals surface area contributed by atoms with Crippen molar-refractivity contribution in [1.29, 1.82) is 0 Å². The van der Waals surface area contributed by atoms with Crippen LogP contribution < -0.4 is 0 Å². The first-order chi connectivity index (χ1) is 6.26. The standard InChI is InChI=1S/C8H12BrClN2O/c1-12-5-7(4-11-12)6-13-8(2-9)3-10/h4-5,8H,2-3,6H2,1H3. The number of hydrogen-bond donors (Lipinski definition) is 0. The van der Waals surface area contributed by atoms with Crippen LogP contribution in [0.3, 0.4) is 0 Å². The van der Waals surface area contributed by atoms with Gasteiger partial charge in [-0.1, -0.05) is 15.9 Å². The van der Waals surface area contributed by atoms with Crippen molar-refractivity contribution in [2.45, 2.75) is 12.7 Å². The number of ether oxygens (including phenoxy) is 1. The molecule has 0 aliphatic carbocycles. The van der Waals surface area contributed by atoms with E-state index >= 15 is 0 Å². The van der Waals surface area contributed by atoms with Gasteiger partial charge in [0.1, 0.15) is 0 Å². The molecule has 5 heteroatoms. The third-order valence-electron chi connectivity index (χ3n) is 1.59. The Hall–Kier alpha value is -0.0600. The highest BCUT2D eigenvalue weighted by Gasteiger charge is 2.06. The van der Waals surface area contributed by atoms with Gasteiger partial charge in [0, 0.05) is 30.0 Å². The zero-order valence-corrected chi connectivity index (χ0v) is 9.75. The van der Waals surface area contributed by atoms with E-state index in [4.69, 9.17) is 16.3 Å². The van der Waals surface area contributed by atoms with Gasteiger partial charge in [-0.2, -0.15) is 5.10 Å². The van der Waals surface area contributed by atoms with E-state index in [9.17, 15) is 0 Å². The minimum Gasteiger partial charge on any atom is -0.371 e.